The summed E-state index contributed by atoms with van der Waals surface area (Å²) >= 11 is 0. The van der Waals surface area contributed by atoms with Crippen LogP contribution in [0.15, 0.2) is 15.6 Å². The van der Waals surface area contributed by atoms with Crippen LogP contribution in [0, 0.1) is 0 Å². The van der Waals surface area contributed by atoms with Gasteiger partial charge in [0.15, 0.2) is 5.96 Å². The van der Waals surface area contributed by atoms with Crippen molar-refractivity contribution in [3.05, 3.63) is 17.8 Å². The SMILES string of the molecule is CN=C(NCCN1CCCS1(=O)=O)NCc1ncc(C(C)(C)C)o1. The summed E-state index contributed by atoms with van der Waals surface area (Å²) in [7, 11) is -1.39. The smallest absolute Gasteiger partial charge is 0.214 e. The zero-order valence-electron chi connectivity index (χ0n) is 14.8. The Hall–Kier alpha value is -1.61. The second kappa shape index (κ2) is 7.52. The average Bonchev–Trinajstić information content (AvgIpc) is 3.09. The summed E-state index contributed by atoms with van der Waals surface area (Å²) < 4.78 is 30.7. The Balaban J connectivity index is 1.78. The number of aromatic nitrogens is 1. The first-order chi connectivity index (χ1) is 11.2. The number of nitrogens with one attached hydrogen (secondary N) is 2. The summed E-state index contributed by atoms with van der Waals surface area (Å²) in [6.07, 6.45) is 2.45. The second-order valence-corrected chi connectivity index (χ2v) is 8.88. The molecule has 2 rings (SSSR count). The summed E-state index contributed by atoms with van der Waals surface area (Å²) in [6, 6.07) is 0. The minimum absolute atomic E-state index is 0.0770. The highest BCUT2D eigenvalue weighted by atomic mass is 32.2. The van der Waals surface area contributed by atoms with Gasteiger partial charge in [0.2, 0.25) is 15.9 Å². The van der Waals surface area contributed by atoms with Crippen LogP contribution in [0.1, 0.15) is 38.8 Å². The van der Waals surface area contributed by atoms with Gasteiger partial charge in [-0.25, -0.2) is 17.7 Å². The third kappa shape index (κ3) is 4.94. The van der Waals surface area contributed by atoms with Gasteiger partial charge in [-0.1, -0.05) is 20.8 Å². The maximum Gasteiger partial charge on any atom is 0.214 e. The van der Waals surface area contributed by atoms with E-state index in [1.807, 2.05) is 0 Å². The highest BCUT2D eigenvalue weighted by Crippen LogP contribution is 2.22. The number of oxazole rings is 1. The maximum absolute atomic E-state index is 11.7. The standard InChI is InChI=1S/C15H27N5O3S/c1-15(2,3)12-10-18-13(23-12)11-19-14(16-4)17-6-8-20-7-5-9-24(20,21)22/h10H,5-9,11H2,1-4H3,(H2,16,17,19). The molecule has 0 aliphatic carbocycles. The van der Waals surface area contributed by atoms with Gasteiger partial charge in [-0.15, -0.1) is 0 Å². The lowest BCUT2D eigenvalue weighted by Crippen LogP contribution is -2.41. The molecule has 0 radical (unpaired) electrons. The number of rotatable bonds is 5. The molecule has 2 heterocycles. The Morgan fingerprint density at radius 1 is 1.42 bits per heavy atom. The molecule has 1 saturated heterocycles. The third-order valence-corrected chi connectivity index (χ3v) is 5.74. The summed E-state index contributed by atoms with van der Waals surface area (Å²) in [5.41, 5.74) is -0.0770. The van der Waals surface area contributed by atoms with Crippen LogP contribution in [0.5, 0.6) is 0 Å². The molecular weight excluding hydrogens is 330 g/mol. The van der Waals surface area contributed by atoms with Gasteiger partial charge in [0.25, 0.3) is 0 Å². The van der Waals surface area contributed by atoms with E-state index in [1.165, 1.54) is 4.31 Å². The van der Waals surface area contributed by atoms with E-state index < -0.39 is 10.0 Å². The quantitative estimate of drug-likeness (QED) is 0.594. The zero-order chi connectivity index (χ0) is 17.8. The first kappa shape index (κ1) is 18.7. The van der Waals surface area contributed by atoms with E-state index >= 15 is 0 Å². The fourth-order valence-corrected chi connectivity index (χ4v) is 3.89. The lowest BCUT2D eigenvalue weighted by molar-refractivity contribution is 0.379. The first-order valence-electron chi connectivity index (χ1n) is 8.10. The van der Waals surface area contributed by atoms with Crippen molar-refractivity contribution in [2.75, 3.05) is 32.4 Å². The van der Waals surface area contributed by atoms with Crippen molar-refractivity contribution < 1.29 is 12.8 Å². The molecule has 2 N–H and O–H groups in total. The molecule has 9 heteroatoms. The molecule has 0 bridgehead atoms. The average molecular weight is 357 g/mol. The first-order valence-corrected chi connectivity index (χ1v) is 9.71. The van der Waals surface area contributed by atoms with Crippen LogP contribution in [0.2, 0.25) is 0 Å². The van der Waals surface area contributed by atoms with Crippen LogP contribution >= 0.6 is 0 Å². The molecule has 0 unspecified atom stereocenters. The molecule has 0 saturated carbocycles. The minimum atomic E-state index is -3.05. The third-order valence-electron chi connectivity index (χ3n) is 3.78. The van der Waals surface area contributed by atoms with E-state index in [-0.39, 0.29) is 11.2 Å². The predicted octanol–water partition coefficient (Wildman–Crippen LogP) is 0.673. The number of guanidine groups is 1. The van der Waals surface area contributed by atoms with Crippen molar-refractivity contribution in [3.63, 3.8) is 0 Å². The summed E-state index contributed by atoms with van der Waals surface area (Å²) in [5.74, 6) is 2.26. The fourth-order valence-electron chi connectivity index (χ4n) is 2.36. The fraction of sp³-hybridized carbons (Fsp3) is 0.733. The molecule has 24 heavy (non-hydrogen) atoms. The van der Waals surface area contributed by atoms with Crippen LogP contribution < -0.4 is 10.6 Å². The topological polar surface area (TPSA) is 99.8 Å². The molecule has 1 fully saturated rings. The number of hydrogen-bond acceptors (Lipinski definition) is 5. The molecule has 0 atom stereocenters. The number of aliphatic imine (C=N–C) groups is 1. The molecule has 0 amide bonds. The van der Waals surface area contributed by atoms with Crippen LogP contribution in [-0.2, 0) is 22.0 Å². The van der Waals surface area contributed by atoms with E-state index in [2.05, 4.69) is 41.4 Å². The molecule has 136 valence electrons. The van der Waals surface area contributed by atoms with Crippen molar-refractivity contribution in [2.24, 2.45) is 4.99 Å². The van der Waals surface area contributed by atoms with E-state index in [0.29, 0.717) is 44.5 Å². The Bertz CT molecular complexity index is 676. The van der Waals surface area contributed by atoms with E-state index in [0.717, 1.165) is 5.76 Å². The lowest BCUT2D eigenvalue weighted by Gasteiger charge is -2.16. The van der Waals surface area contributed by atoms with Gasteiger partial charge in [-0.2, -0.15) is 0 Å². The predicted molar refractivity (Wildman–Crippen MR) is 93.4 cm³/mol. The Labute approximate surface area is 143 Å². The molecule has 1 aromatic heterocycles. The van der Waals surface area contributed by atoms with E-state index in [4.69, 9.17) is 4.42 Å². The Morgan fingerprint density at radius 3 is 2.71 bits per heavy atom. The normalized spacial score (nSPS) is 18.8. The largest absolute Gasteiger partial charge is 0.443 e. The summed E-state index contributed by atoms with van der Waals surface area (Å²) in [4.78, 5) is 8.37. The van der Waals surface area contributed by atoms with Gasteiger partial charge in [-0.3, -0.25) is 4.99 Å². The summed E-state index contributed by atoms with van der Waals surface area (Å²) in [5, 5.41) is 6.22. The van der Waals surface area contributed by atoms with Crippen LogP contribution in [-0.4, -0.2) is 56.1 Å². The minimum Gasteiger partial charge on any atom is -0.443 e. The van der Waals surface area contributed by atoms with Gasteiger partial charge < -0.3 is 15.1 Å². The highest BCUT2D eigenvalue weighted by Gasteiger charge is 2.27. The van der Waals surface area contributed by atoms with E-state index in [9.17, 15) is 8.42 Å². The Kier molecular flexibility index (Phi) is 5.87. The molecule has 1 aliphatic rings. The second-order valence-electron chi connectivity index (χ2n) is 6.79. The van der Waals surface area contributed by atoms with Crippen molar-refractivity contribution in [2.45, 2.75) is 39.2 Å². The highest BCUT2D eigenvalue weighted by molar-refractivity contribution is 7.89. The Morgan fingerprint density at radius 2 is 2.17 bits per heavy atom. The van der Waals surface area contributed by atoms with Crippen LogP contribution in [0.3, 0.4) is 0 Å². The van der Waals surface area contributed by atoms with Crippen LogP contribution in [0.25, 0.3) is 0 Å². The van der Waals surface area contributed by atoms with Crippen molar-refractivity contribution in [1.82, 2.24) is 19.9 Å². The lowest BCUT2D eigenvalue weighted by atomic mass is 9.94. The molecule has 8 nitrogen and oxygen atoms in total. The van der Waals surface area contributed by atoms with E-state index in [1.54, 1.807) is 13.2 Å². The monoisotopic (exact) mass is 357 g/mol. The molecule has 0 aromatic carbocycles. The van der Waals surface area contributed by atoms with Gasteiger partial charge in [0.1, 0.15) is 5.76 Å². The van der Waals surface area contributed by atoms with Gasteiger partial charge >= 0.3 is 0 Å². The number of sulfonamides is 1. The van der Waals surface area contributed by atoms with Crippen molar-refractivity contribution in [3.8, 4) is 0 Å². The summed E-state index contributed by atoms with van der Waals surface area (Å²) in [6.45, 7) is 8.15. The molecular formula is C15H27N5O3S. The zero-order valence-corrected chi connectivity index (χ0v) is 15.6. The number of hydrogen-bond donors (Lipinski definition) is 2. The molecule has 0 spiro atoms. The number of nitrogens with zero attached hydrogens (tertiary/aromatic N) is 3. The molecule has 1 aromatic rings. The molecule has 1 aliphatic heterocycles. The maximum atomic E-state index is 11.7. The van der Waals surface area contributed by atoms with Gasteiger partial charge in [0, 0.05) is 32.1 Å². The van der Waals surface area contributed by atoms with Gasteiger partial charge in [-0.05, 0) is 6.42 Å². The van der Waals surface area contributed by atoms with Gasteiger partial charge in [0.05, 0.1) is 18.5 Å². The van der Waals surface area contributed by atoms with Crippen LogP contribution in [0.4, 0.5) is 0 Å². The van der Waals surface area contributed by atoms with Crippen molar-refractivity contribution >= 4 is 16.0 Å². The van der Waals surface area contributed by atoms with Crippen molar-refractivity contribution in [1.29, 1.82) is 0 Å².